The molecule has 0 aliphatic carbocycles. The van der Waals surface area contributed by atoms with E-state index in [1.165, 1.54) is 11.1 Å². The van der Waals surface area contributed by atoms with Crippen molar-refractivity contribution in [2.45, 2.75) is 77.8 Å². The van der Waals surface area contributed by atoms with Gasteiger partial charge in [0, 0.05) is 0 Å². The lowest BCUT2D eigenvalue weighted by atomic mass is 10.1. The van der Waals surface area contributed by atoms with Crippen molar-refractivity contribution in [1.29, 1.82) is 0 Å². The van der Waals surface area contributed by atoms with Gasteiger partial charge in [-0.25, -0.2) is 4.79 Å². The predicted octanol–water partition coefficient (Wildman–Crippen LogP) is 9.46. The van der Waals surface area contributed by atoms with Crippen LogP contribution in [0.2, 0.25) is 0 Å². The van der Waals surface area contributed by atoms with Crippen LogP contribution in [0.25, 0.3) is 0 Å². The van der Waals surface area contributed by atoms with Crippen molar-refractivity contribution in [2.75, 3.05) is 0 Å². The number of ether oxygens (including phenoxy) is 4. The summed E-state index contributed by atoms with van der Waals surface area (Å²) in [7, 11) is 0. The molecule has 5 nitrogen and oxygen atoms in total. The first-order valence-corrected chi connectivity index (χ1v) is 14.9. The minimum atomic E-state index is -0.772. The van der Waals surface area contributed by atoms with Crippen LogP contribution in [0.15, 0.2) is 109 Å². The van der Waals surface area contributed by atoms with E-state index in [4.69, 9.17) is 18.9 Å². The van der Waals surface area contributed by atoms with E-state index in [9.17, 15) is 4.79 Å². The maximum Gasteiger partial charge on any atom is 0.519 e. The Balaban J connectivity index is 1.22. The number of benzene rings is 4. The van der Waals surface area contributed by atoms with Gasteiger partial charge in [-0.1, -0.05) is 98.8 Å². The van der Waals surface area contributed by atoms with Gasteiger partial charge in [0.15, 0.2) is 0 Å². The summed E-state index contributed by atoms with van der Waals surface area (Å²) in [6.45, 7) is 8.43. The van der Waals surface area contributed by atoms with E-state index in [2.05, 4.69) is 52.0 Å². The average molecular weight is 567 g/mol. The van der Waals surface area contributed by atoms with E-state index in [1.807, 2.05) is 60.7 Å². The number of rotatable bonds is 14. The van der Waals surface area contributed by atoms with E-state index in [0.717, 1.165) is 36.8 Å². The smallest absolute Gasteiger partial charge is 0.395 e. The van der Waals surface area contributed by atoms with E-state index in [-0.39, 0.29) is 24.4 Å². The molecule has 0 N–H and O–H groups in total. The Morgan fingerprint density at radius 1 is 0.548 bits per heavy atom. The molecule has 5 heteroatoms. The summed E-state index contributed by atoms with van der Waals surface area (Å²) < 4.78 is 23.4. The van der Waals surface area contributed by atoms with Crippen LogP contribution in [-0.4, -0.2) is 18.4 Å². The molecule has 42 heavy (non-hydrogen) atoms. The molecule has 4 rings (SSSR count). The lowest BCUT2D eigenvalue weighted by molar-refractivity contribution is -0.00524. The Morgan fingerprint density at radius 2 is 0.905 bits per heavy atom. The fraction of sp³-hybridized carbons (Fsp3) is 0.324. The third kappa shape index (κ3) is 9.57. The topological polar surface area (TPSA) is 54.0 Å². The van der Waals surface area contributed by atoms with Crippen LogP contribution in [0.1, 0.15) is 75.0 Å². The molecule has 0 radical (unpaired) electrons. The Labute approximate surface area is 250 Å². The van der Waals surface area contributed by atoms with Gasteiger partial charge in [-0.2, -0.15) is 0 Å². The summed E-state index contributed by atoms with van der Waals surface area (Å²) in [5.74, 6) is 0.860. The average Bonchev–Trinajstić information content (AvgIpc) is 3.01. The normalized spacial score (nSPS) is 14.0. The molecule has 0 fully saturated rings. The lowest BCUT2D eigenvalue weighted by Crippen LogP contribution is -2.16. The molecule has 4 unspecified atom stereocenters. The molecule has 4 atom stereocenters. The zero-order valence-corrected chi connectivity index (χ0v) is 25.1. The highest BCUT2D eigenvalue weighted by Crippen LogP contribution is 2.26. The molecular formula is C37H42O5. The molecule has 0 spiro atoms. The van der Waals surface area contributed by atoms with E-state index < -0.39 is 6.16 Å². The van der Waals surface area contributed by atoms with E-state index >= 15 is 0 Å². The molecule has 0 bridgehead atoms. The zero-order chi connectivity index (χ0) is 29.7. The van der Waals surface area contributed by atoms with Gasteiger partial charge in [0.05, 0.1) is 24.4 Å². The van der Waals surface area contributed by atoms with E-state index in [1.54, 1.807) is 24.3 Å². The number of carbonyl (C=O) groups excluding carboxylic acids is 1. The minimum Gasteiger partial charge on any atom is -0.395 e. The van der Waals surface area contributed by atoms with Crippen LogP contribution in [0, 0.1) is 0 Å². The van der Waals surface area contributed by atoms with Crippen LogP contribution in [0.3, 0.4) is 0 Å². The van der Waals surface area contributed by atoms with Crippen LogP contribution in [0.5, 0.6) is 11.5 Å². The SMILES string of the molecule is CCC(OC(C)Cc1ccc(OC(=O)Oc2ccc(CC(C)OC(CC)c3ccccc3)cc2)cc1)c1ccccc1. The quantitative estimate of drug-likeness (QED) is 0.112. The molecule has 0 aliphatic rings. The van der Waals surface area contributed by atoms with Gasteiger partial charge in [-0.3, -0.25) is 0 Å². The number of hydrogen-bond acceptors (Lipinski definition) is 5. The fourth-order valence-corrected chi connectivity index (χ4v) is 5.08. The fourth-order valence-electron chi connectivity index (χ4n) is 5.08. The van der Waals surface area contributed by atoms with Gasteiger partial charge in [0.2, 0.25) is 0 Å². The molecule has 0 aromatic heterocycles. The molecule has 0 aliphatic heterocycles. The van der Waals surface area contributed by atoms with Gasteiger partial charge in [0.1, 0.15) is 11.5 Å². The van der Waals surface area contributed by atoms with Crippen molar-refractivity contribution in [1.82, 2.24) is 0 Å². The van der Waals surface area contributed by atoms with Crippen LogP contribution >= 0.6 is 0 Å². The summed E-state index contributed by atoms with van der Waals surface area (Å²) in [5.41, 5.74) is 4.59. The highest BCUT2D eigenvalue weighted by atomic mass is 16.7. The first kappa shape index (κ1) is 31.0. The van der Waals surface area contributed by atoms with Gasteiger partial charge in [-0.15, -0.1) is 0 Å². The van der Waals surface area contributed by atoms with Gasteiger partial charge >= 0.3 is 6.16 Å². The molecule has 4 aromatic carbocycles. The van der Waals surface area contributed by atoms with Crippen LogP contribution < -0.4 is 9.47 Å². The van der Waals surface area contributed by atoms with E-state index in [0.29, 0.717) is 11.5 Å². The van der Waals surface area contributed by atoms with Crippen molar-refractivity contribution >= 4 is 6.16 Å². The number of carbonyl (C=O) groups is 1. The van der Waals surface area contributed by atoms with Crippen molar-refractivity contribution < 1.29 is 23.7 Å². The van der Waals surface area contributed by atoms with Crippen molar-refractivity contribution in [3.63, 3.8) is 0 Å². The molecule has 220 valence electrons. The van der Waals surface area contributed by atoms with Crippen LogP contribution in [-0.2, 0) is 22.3 Å². The highest BCUT2D eigenvalue weighted by molar-refractivity contribution is 5.67. The minimum absolute atomic E-state index is 0.0429. The molecule has 0 heterocycles. The zero-order valence-electron chi connectivity index (χ0n) is 25.1. The molecular weight excluding hydrogens is 524 g/mol. The summed E-state index contributed by atoms with van der Waals surface area (Å²) in [6, 6.07) is 35.5. The molecule has 0 saturated heterocycles. The summed E-state index contributed by atoms with van der Waals surface area (Å²) in [4.78, 5) is 12.4. The second-order valence-corrected chi connectivity index (χ2v) is 10.7. The first-order chi connectivity index (χ1) is 20.4. The molecule has 0 amide bonds. The third-order valence-corrected chi connectivity index (χ3v) is 7.17. The van der Waals surface area contributed by atoms with Gasteiger partial charge in [0.25, 0.3) is 0 Å². The standard InChI is InChI=1S/C37H42O5/c1-5-35(31-13-9-7-10-14-31)39-27(3)25-29-17-21-33(22-18-29)41-37(38)42-34-23-19-30(20-24-34)26-28(4)40-36(6-2)32-15-11-8-12-16-32/h7-24,27-28,35-36H,5-6,25-26H2,1-4H3. The van der Waals surface area contributed by atoms with Gasteiger partial charge < -0.3 is 18.9 Å². The maximum atomic E-state index is 12.4. The molecule has 0 saturated carbocycles. The second kappa shape index (κ2) is 15.9. The van der Waals surface area contributed by atoms with Crippen molar-refractivity contribution in [3.8, 4) is 11.5 Å². The number of hydrogen-bond donors (Lipinski definition) is 0. The van der Waals surface area contributed by atoms with Gasteiger partial charge in [-0.05, 0) is 86.1 Å². The summed E-state index contributed by atoms with van der Waals surface area (Å²) in [6.07, 6.45) is 2.79. The van der Waals surface area contributed by atoms with Crippen LogP contribution in [0.4, 0.5) is 4.79 Å². The Morgan fingerprint density at radius 3 is 1.24 bits per heavy atom. The Hall–Kier alpha value is -3.93. The van der Waals surface area contributed by atoms with Crippen molar-refractivity contribution in [2.24, 2.45) is 0 Å². The summed E-state index contributed by atoms with van der Waals surface area (Å²) >= 11 is 0. The first-order valence-electron chi connectivity index (χ1n) is 14.9. The Kier molecular flexibility index (Phi) is 11.7. The largest absolute Gasteiger partial charge is 0.519 e. The monoisotopic (exact) mass is 566 g/mol. The highest BCUT2D eigenvalue weighted by Gasteiger charge is 2.16. The second-order valence-electron chi connectivity index (χ2n) is 10.7. The summed E-state index contributed by atoms with van der Waals surface area (Å²) in [5, 5.41) is 0. The van der Waals surface area contributed by atoms with Crippen molar-refractivity contribution in [3.05, 3.63) is 131 Å². The predicted molar refractivity (Wildman–Crippen MR) is 167 cm³/mol. The maximum absolute atomic E-state index is 12.4. The lowest BCUT2D eigenvalue weighted by Gasteiger charge is -2.22. The Bertz CT molecular complexity index is 1230. The molecule has 4 aromatic rings. The third-order valence-electron chi connectivity index (χ3n) is 7.17.